The van der Waals surface area contributed by atoms with Crippen molar-refractivity contribution in [3.8, 4) is 0 Å². The van der Waals surface area contributed by atoms with Crippen LogP contribution in [-0.2, 0) is 7.05 Å². The number of carbonyl (C=O) groups is 1. The van der Waals surface area contributed by atoms with Gasteiger partial charge in [-0.15, -0.1) is 0 Å². The zero-order valence-corrected chi connectivity index (χ0v) is 9.57. The van der Waals surface area contributed by atoms with Crippen molar-refractivity contribution in [2.24, 2.45) is 7.05 Å². The lowest BCUT2D eigenvalue weighted by atomic mass is 10.1. The molecule has 1 aromatic carbocycles. The van der Waals surface area contributed by atoms with Crippen LogP contribution in [0.5, 0.6) is 0 Å². The van der Waals surface area contributed by atoms with E-state index in [2.05, 4.69) is 10.4 Å². The molecular formula is C12H12FN3O. The molecule has 0 aliphatic carbocycles. The molecule has 0 atom stereocenters. The van der Waals surface area contributed by atoms with Crippen LogP contribution in [0.4, 0.5) is 10.2 Å². The van der Waals surface area contributed by atoms with Gasteiger partial charge in [-0.2, -0.15) is 5.10 Å². The number of aromatic nitrogens is 2. The van der Waals surface area contributed by atoms with Crippen molar-refractivity contribution >= 4 is 11.7 Å². The van der Waals surface area contributed by atoms with Gasteiger partial charge in [-0.05, 0) is 24.6 Å². The summed E-state index contributed by atoms with van der Waals surface area (Å²) in [6.07, 6.45) is 1.57. The van der Waals surface area contributed by atoms with Gasteiger partial charge in [0.15, 0.2) is 0 Å². The van der Waals surface area contributed by atoms with Crippen LogP contribution in [0.3, 0.4) is 0 Å². The highest BCUT2D eigenvalue weighted by Gasteiger charge is 2.09. The molecule has 1 heterocycles. The summed E-state index contributed by atoms with van der Waals surface area (Å²) in [6.45, 7) is 1.65. The fourth-order valence-electron chi connectivity index (χ4n) is 1.42. The summed E-state index contributed by atoms with van der Waals surface area (Å²) < 4.78 is 14.8. The van der Waals surface area contributed by atoms with Crippen molar-refractivity contribution in [2.75, 3.05) is 5.32 Å². The minimum absolute atomic E-state index is 0.286. The van der Waals surface area contributed by atoms with E-state index in [0.717, 1.165) is 0 Å². The number of hydrogen-bond acceptors (Lipinski definition) is 2. The van der Waals surface area contributed by atoms with E-state index < -0.39 is 0 Å². The zero-order valence-electron chi connectivity index (χ0n) is 9.57. The summed E-state index contributed by atoms with van der Waals surface area (Å²) in [5.41, 5.74) is 0.802. The molecule has 1 N–H and O–H groups in total. The number of nitrogens with one attached hydrogen (secondary N) is 1. The van der Waals surface area contributed by atoms with E-state index in [1.807, 2.05) is 0 Å². The molecule has 0 aliphatic rings. The molecule has 4 nitrogen and oxygen atoms in total. The molecule has 5 heteroatoms. The van der Waals surface area contributed by atoms with Crippen molar-refractivity contribution in [3.63, 3.8) is 0 Å². The van der Waals surface area contributed by atoms with Crippen LogP contribution >= 0.6 is 0 Å². The second-order valence-corrected chi connectivity index (χ2v) is 3.76. The Hall–Kier alpha value is -2.17. The second-order valence-electron chi connectivity index (χ2n) is 3.76. The Balaban J connectivity index is 2.20. The molecule has 0 fully saturated rings. The van der Waals surface area contributed by atoms with Gasteiger partial charge in [0.05, 0.1) is 6.20 Å². The van der Waals surface area contributed by atoms with E-state index in [-0.39, 0.29) is 17.3 Å². The van der Waals surface area contributed by atoms with E-state index in [1.165, 1.54) is 10.7 Å². The smallest absolute Gasteiger partial charge is 0.256 e. The lowest BCUT2D eigenvalue weighted by Gasteiger charge is -2.06. The molecular weight excluding hydrogens is 221 g/mol. The Morgan fingerprint density at radius 3 is 2.76 bits per heavy atom. The Morgan fingerprint density at radius 2 is 2.18 bits per heavy atom. The highest BCUT2D eigenvalue weighted by Crippen LogP contribution is 2.11. The van der Waals surface area contributed by atoms with Gasteiger partial charge in [0.25, 0.3) is 5.91 Å². The summed E-state index contributed by atoms with van der Waals surface area (Å²) in [5.74, 6) is -0.175. The Kier molecular flexibility index (Phi) is 2.91. The third-order valence-electron chi connectivity index (χ3n) is 2.50. The molecule has 0 bridgehead atoms. The van der Waals surface area contributed by atoms with E-state index in [4.69, 9.17) is 0 Å². The van der Waals surface area contributed by atoms with Crippen LogP contribution in [0.1, 0.15) is 15.9 Å². The summed E-state index contributed by atoms with van der Waals surface area (Å²) in [4.78, 5) is 11.8. The van der Waals surface area contributed by atoms with E-state index in [1.54, 1.807) is 38.4 Å². The number of nitrogens with zero attached hydrogens (tertiary/aromatic N) is 2. The van der Waals surface area contributed by atoms with E-state index >= 15 is 0 Å². The Bertz CT molecular complexity index is 563. The molecule has 0 radical (unpaired) electrons. The van der Waals surface area contributed by atoms with Gasteiger partial charge in [0.1, 0.15) is 11.6 Å². The molecule has 2 aromatic rings. The van der Waals surface area contributed by atoms with Crippen LogP contribution in [-0.4, -0.2) is 15.7 Å². The third kappa shape index (κ3) is 2.33. The van der Waals surface area contributed by atoms with Crippen molar-refractivity contribution < 1.29 is 9.18 Å². The Morgan fingerprint density at radius 1 is 1.41 bits per heavy atom. The van der Waals surface area contributed by atoms with Gasteiger partial charge in [0, 0.05) is 18.7 Å². The van der Waals surface area contributed by atoms with Crippen molar-refractivity contribution in [1.29, 1.82) is 0 Å². The second kappa shape index (κ2) is 4.37. The van der Waals surface area contributed by atoms with Gasteiger partial charge in [-0.3, -0.25) is 9.48 Å². The normalized spacial score (nSPS) is 10.3. The number of amides is 1. The molecule has 88 valence electrons. The maximum atomic E-state index is 13.3. The lowest BCUT2D eigenvalue weighted by molar-refractivity contribution is 0.102. The first kappa shape index (κ1) is 11.3. The number of aryl methyl sites for hydroxylation is 2. The number of halogens is 1. The molecule has 17 heavy (non-hydrogen) atoms. The highest BCUT2D eigenvalue weighted by atomic mass is 19.1. The average Bonchev–Trinajstić information content (AvgIpc) is 2.68. The number of anilines is 1. The fraction of sp³-hybridized carbons (Fsp3) is 0.167. The van der Waals surface area contributed by atoms with Gasteiger partial charge in [0.2, 0.25) is 0 Å². The largest absolute Gasteiger partial charge is 0.307 e. The number of benzene rings is 1. The van der Waals surface area contributed by atoms with Crippen LogP contribution in [0.25, 0.3) is 0 Å². The summed E-state index contributed by atoms with van der Waals surface area (Å²) in [7, 11) is 1.71. The highest BCUT2D eigenvalue weighted by molar-refractivity contribution is 6.03. The number of hydrogen-bond donors (Lipinski definition) is 1. The Labute approximate surface area is 98.1 Å². The molecule has 2 rings (SSSR count). The van der Waals surface area contributed by atoms with Gasteiger partial charge in [-0.1, -0.05) is 6.07 Å². The summed E-state index contributed by atoms with van der Waals surface area (Å²) >= 11 is 0. The number of rotatable bonds is 2. The SMILES string of the molecule is Cc1ccc(C(=O)Nc2ccnn2C)cc1F. The maximum Gasteiger partial charge on any atom is 0.256 e. The van der Waals surface area contributed by atoms with Gasteiger partial charge >= 0.3 is 0 Å². The molecule has 0 aliphatic heterocycles. The quantitative estimate of drug-likeness (QED) is 0.863. The molecule has 0 unspecified atom stereocenters. The summed E-state index contributed by atoms with van der Waals surface area (Å²) in [5, 5.41) is 6.57. The third-order valence-corrected chi connectivity index (χ3v) is 2.50. The predicted octanol–water partition coefficient (Wildman–Crippen LogP) is 2.12. The lowest BCUT2D eigenvalue weighted by Crippen LogP contribution is -2.14. The van der Waals surface area contributed by atoms with Gasteiger partial charge < -0.3 is 5.32 Å². The molecule has 1 amide bonds. The van der Waals surface area contributed by atoms with E-state index in [0.29, 0.717) is 11.4 Å². The first-order valence-electron chi connectivity index (χ1n) is 5.13. The average molecular weight is 233 g/mol. The summed E-state index contributed by atoms with van der Waals surface area (Å²) in [6, 6.07) is 6.06. The van der Waals surface area contributed by atoms with Crippen LogP contribution in [0.15, 0.2) is 30.5 Å². The predicted molar refractivity (Wildman–Crippen MR) is 62.3 cm³/mol. The molecule has 0 spiro atoms. The van der Waals surface area contributed by atoms with E-state index in [9.17, 15) is 9.18 Å². The zero-order chi connectivity index (χ0) is 12.4. The van der Waals surface area contributed by atoms with Crippen molar-refractivity contribution in [2.45, 2.75) is 6.92 Å². The first-order valence-corrected chi connectivity index (χ1v) is 5.13. The molecule has 0 saturated carbocycles. The molecule has 1 aromatic heterocycles. The van der Waals surface area contributed by atoms with Crippen molar-refractivity contribution in [1.82, 2.24) is 9.78 Å². The monoisotopic (exact) mass is 233 g/mol. The van der Waals surface area contributed by atoms with Crippen LogP contribution in [0, 0.1) is 12.7 Å². The maximum absolute atomic E-state index is 13.3. The van der Waals surface area contributed by atoms with Crippen LogP contribution in [0.2, 0.25) is 0 Å². The molecule has 0 saturated heterocycles. The number of carbonyl (C=O) groups excluding carboxylic acids is 1. The standard InChI is InChI=1S/C12H12FN3O/c1-8-3-4-9(7-10(8)13)12(17)15-11-5-6-14-16(11)2/h3-7H,1-2H3,(H,15,17). The van der Waals surface area contributed by atoms with Gasteiger partial charge in [-0.25, -0.2) is 4.39 Å². The minimum atomic E-state index is -0.386. The van der Waals surface area contributed by atoms with Crippen LogP contribution < -0.4 is 5.32 Å². The van der Waals surface area contributed by atoms with Crippen molar-refractivity contribution in [3.05, 3.63) is 47.4 Å². The topological polar surface area (TPSA) is 46.9 Å². The first-order chi connectivity index (χ1) is 8.08. The fourth-order valence-corrected chi connectivity index (χ4v) is 1.42. The minimum Gasteiger partial charge on any atom is -0.307 e.